The topological polar surface area (TPSA) is 57.5 Å². The second-order valence-electron chi connectivity index (χ2n) is 9.65. The highest BCUT2D eigenvalue weighted by atomic mass is 19.1. The van der Waals surface area contributed by atoms with Gasteiger partial charge in [0.1, 0.15) is 11.4 Å². The number of amides is 1. The van der Waals surface area contributed by atoms with Crippen LogP contribution in [-0.4, -0.2) is 55.2 Å². The lowest BCUT2D eigenvalue weighted by atomic mass is 9.92. The van der Waals surface area contributed by atoms with Crippen LogP contribution in [0.1, 0.15) is 26.3 Å². The first kappa shape index (κ1) is 25.1. The van der Waals surface area contributed by atoms with E-state index in [1.807, 2.05) is 69.3 Å². The minimum atomic E-state index is -0.500. The van der Waals surface area contributed by atoms with E-state index in [-0.39, 0.29) is 11.9 Å². The Bertz CT molecular complexity index is 1240. The van der Waals surface area contributed by atoms with Gasteiger partial charge in [-0.05, 0) is 69.5 Å². The van der Waals surface area contributed by atoms with Crippen molar-refractivity contribution in [3.05, 3.63) is 89.9 Å². The quantitative estimate of drug-likeness (QED) is 0.484. The Labute approximate surface area is 211 Å². The van der Waals surface area contributed by atoms with Crippen molar-refractivity contribution in [3.63, 3.8) is 0 Å². The lowest BCUT2D eigenvalue weighted by molar-refractivity contribution is 0.0240. The average molecular weight is 487 g/mol. The largest absolute Gasteiger partial charge is 0.444 e. The van der Waals surface area contributed by atoms with Gasteiger partial charge in [0, 0.05) is 49.2 Å². The van der Waals surface area contributed by atoms with Gasteiger partial charge in [-0.15, -0.1) is 0 Å². The van der Waals surface area contributed by atoms with Crippen LogP contribution < -0.4 is 4.90 Å². The minimum absolute atomic E-state index is 0.269. The minimum Gasteiger partial charge on any atom is -0.444 e. The van der Waals surface area contributed by atoms with Crippen LogP contribution >= 0.6 is 0 Å². The molecule has 1 heterocycles. The van der Waals surface area contributed by atoms with Gasteiger partial charge in [0.05, 0.1) is 11.4 Å². The normalized spacial score (nSPS) is 18.4. The maximum atomic E-state index is 13.9. The number of allylic oxidation sites excluding steroid dienone is 5. The number of halogens is 1. The molecule has 0 aromatic heterocycles. The molecule has 0 saturated carbocycles. The molecule has 1 amide bonds. The molecular weight excluding hydrogens is 455 g/mol. The van der Waals surface area contributed by atoms with E-state index in [9.17, 15) is 9.18 Å². The van der Waals surface area contributed by atoms with E-state index >= 15 is 0 Å². The predicted octanol–water partition coefficient (Wildman–Crippen LogP) is 6.19. The molecule has 0 radical (unpaired) electrons. The molecule has 186 valence electrons. The third kappa shape index (κ3) is 6.16. The highest BCUT2D eigenvalue weighted by molar-refractivity contribution is 6.34. The van der Waals surface area contributed by atoms with E-state index < -0.39 is 5.60 Å². The number of piperazine rings is 1. The first-order valence-corrected chi connectivity index (χ1v) is 12.0. The summed E-state index contributed by atoms with van der Waals surface area (Å²) in [4.78, 5) is 25.1. The monoisotopic (exact) mass is 486 g/mol. The van der Waals surface area contributed by atoms with Gasteiger partial charge in [0.15, 0.2) is 0 Å². The van der Waals surface area contributed by atoms with Crippen molar-refractivity contribution in [3.8, 4) is 0 Å². The molecule has 7 heteroatoms. The number of benzene rings is 2. The number of ether oxygens (including phenoxy) is 1. The molecule has 1 aliphatic carbocycles. The van der Waals surface area contributed by atoms with Crippen molar-refractivity contribution in [2.24, 2.45) is 9.98 Å². The summed E-state index contributed by atoms with van der Waals surface area (Å²) in [6.45, 7) is 11.9. The summed E-state index contributed by atoms with van der Waals surface area (Å²) in [5, 5.41) is 0. The third-order valence-corrected chi connectivity index (χ3v) is 5.82. The molecule has 4 rings (SSSR count). The molecule has 2 aromatic carbocycles. The summed E-state index contributed by atoms with van der Waals surface area (Å²) < 4.78 is 19.4. The molecule has 0 spiro atoms. The molecule has 2 aliphatic rings. The van der Waals surface area contributed by atoms with Gasteiger partial charge in [-0.3, -0.25) is 4.99 Å². The Kier molecular flexibility index (Phi) is 7.48. The molecule has 0 bridgehead atoms. The van der Waals surface area contributed by atoms with Crippen molar-refractivity contribution in [2.45, 2.75) is 26.4 Å². The number of carbonyl (C=O) groups is 1. The summed E-state index contributed by atoms with van der Waals surface area (Å²) in [6.07, 6.45) is 7.12. The average Bonchev–Trinajstić information content (AvgIpc) is 2.85. The van der Waals surface area contributed by atoms with Crippen LogP contribution in [0.5, 0.6) is 0 Å². The zero-order valence-electron chi connectivity index (χ0n) is 20.9. The number of hydrogen-bond acceptors (Lipinski definition) is 5. The molecule has 1 fully saturated rings. The van der Waals surface area contributed by atoms with Gasteiger partial charge in [-0.2, -0.15) is 0 Å². The molecule has 0 N–H and O–H groups in total. The van der Waals surface area contributed by atoms with E-state index in [2.05, 4.69) is 16.6 Å². The number of carbonyl (C=O) groups excluding carboxylic acids is 1. The van der Waals surface area contributed by atoms with Crippen molar-refractivity contribution in [2.75, 3.05) is 31.1 Å². The SMILES string of the molecule is C=N/C=C1/C=CC=C(c2cccc(F)c2)C1=Nc1ccc(N2CCN(C(=O)OC(C)(C)C)CC2)cc1. The fraction of sp³-hybridized carbons (Fsp3) is 0.276. The lowest BCUT2D eigenvalue weighted by Gasteiger charge is -2.36. The van der Waals surface area contributed by atoms with Crippen LogP contribution in [0.15, 0.2) is 88.5 Å². The number of nitrogens with zero attached hydrogens (tertiary/aromatic N) is 4. The van der Waals surface area contributed by atoms with Crippen LogP contribution in [0.2, 0.25) is 0 Å². The van der Waals surface area contributed by atoms with Gasteiger partial charge in [-0.1, -0.05) is 30.4 Å². The first-order valence-electron chi connectivity index (χ1n) is 12.0. The van der Waals surface area contributed by atoms with Crippen molar-refractivity contribution >= 4 is 35.5 Å². The van der Waals surface area contributed by atoms with E-state index in [1.165, 1.54) is 12.1 Å². The van der Waals surface area contributed by atoms with Gasteiger partial charge < -0.3 is 14.5 Å². The van der Waals surface area contributed by atoms with Gasteiger partial charge in [0.25, 0.3) is 0 Å². The maximum Gasteiger partial charge on any atom is 0.410 e. The number of anilines is 1. The Morgan fingerprint density at radius 3 is 2.44 bits per heavy atom. The van der Waals surface area contributed by atoms with Gasteiger partial charge in [0.2, 0.25) is 0 Å². The van der Waals surface area contributed by atoms with E-state index in [4.69, 9.17) is 9.73 Å². The molecule has 1 aliphatic heterocycles. The van der Waals surface area contributed by atoms with Crippen LogP contribution in [0.4, 0.5) is 20.6 Å². The number of rotatable bonds is 4. The molecule has 2 aromatic rings. The van der Waals surface area contributed by atoms with Crippen LogP contribution in [0.3, 0.4) is 0 Å². The molecule has 6 nitrogen and oxygen atoms in total. The highest BCUT2D eigenvalue weighted by Gasteiger charge is 2.26. The molecule has 1 saturated heterocycles. The summed E-state index contributed by atoms with van der Waals surface area (Å²) in [5.74, 6) is -0.300. The third-order valence-electron chi connectivity index (χ3n) is 5.82. The predicted molar refractivity (Wildman–Crippen MR) is 145 cm³/mol. The molecule has 0 atom stereocenters. The highest BCUT2D eigenvalue weighted by Crippen LogP contribution is 2.29. The van der Waals surface area contributed by atoms with Crippen molar-refractivity contribution < 1.29 is 13.9 Å². The molecular formula is C29H31FN4O2. The lowest BCUT2D eigenvalue weighted by Crippen LogP contribution is -2.50. The zero-order valence-corrected chi connectivity index (χ0v) is 20.9. The Balaban J connectivity index is 1.51. The fourth-order valence-electron chi connectivity index (χ4n) is 4.12. The van der Waals surface area contributed by atoms with Crippen LogP contribution in [0.25, 0.3) is 5.57 Å². The summed E-state index contributed by atoms with van der Waals surface area (Å²) >= 11 is 0. The standard InChI is InChI=1S/C29H31FN4O2/c1-29(2,3)36-28(35)34-17-15-33(16-18-34)25-13-11-24(12-14-25)32-27-22(20-31-4)8-6-10-26(27)21-7-5-9-23(30)19-21/h5-14,19-20H,4,15-18H2,1-3H3/b22-20-,32-27?. The molecule has 36 heavy (non-hydrogen) atoms. The Morgan fingerprint density at radius 2 is 1.81 bits per heavy atom. The zero-order chi connectivity index (χ0) is 25.7. The van der Waals surface area contributed by atoms with Crippen molar-refractivity contribution in [1.82, 2.24) is 4.90 Å². The summed E-state index contributed by atoms with van der Waals surface area (Å²) in [7, 11) is 0. The Morgan fingerprint density at radius 1 is 1.08 bits per heavy atom. The van der Waals surface area contributed by atoms with Crippen molar-refractivity contribution in [1.29, 1.82) is 0 Å². The maximum absolute atomic E-state index is 13.9. The molecule has 0 unspecified atom stereocenters. The first-order chi connectivity index (χ1) is 17.2. The van der Waals surface area contributed by atoms with E-state index in [1.54, 1.807) is 17.2 Å². The number of hydrogen-bond donors (Lipinski definition) is 0. The second-order valence-corrected chi connectivity index (χ2v) is 9.65. The summed E-state index contributed by atoms with van der Waals surface area (Å²) in [6, 6.07) is 14.5. The smallest absolute Gasteiger partial charge is 0.410 e. The number of aliphatic imine (C=N–C) groups is 2. The Hall–Kier alpha value is -4.00. The van der Waals surface area contributed by atoms with Crippen LogP contribution in [0, 0.1) is 5.82 Å². The van der Waals surface area contributed by atoms with E-state index in [0.717, 1.165) is 41.2 Å². The van der Waals surface area contributed by atoms with Crippen LogP contribution in [-0.2, 0) is 4.74 Å². The fourth-order valence-corrected chi connectivity index (χ4v) is 4.12. The summed E-state index contributed by atoms with van der Waals surface area (Å²) in [5.41, 5.74) is 4.40. The van der Waals surface area contributed by atoms with E-state index in [0.29, 0.717) is 18.8 Å². The van der Waals surface area contributed by atoms with Gasteiger partial charge >= 0.3 is 6.09 Å². The second kappa shape index (κ2) is 10.7. The van der Waals surface area contributed by atoms with Gasteiger partial charge in [-0.25, -0.2) is 14.2 Å².